The molecule has 0 unspecified atom stereocenters. The Hall–Kier alpha value is -3.58. The lowest BCUT2D eigenvalue weighted by Gasteiger charge is -2.08. The van der Waals surface area contributed by atoms with Gasteiger partial charge in [-0.15, -0.1) is 6.58 Å². The van der Waals surface area contributed by atoms with Crippen molar-refractivity contribution >= 4 is 10.8 Å². The van der Waals surface area contributed by atoms with E-state index in [1.165, 1.54) is 38.6 Å². The fourth-order valence-electron chi connectivity index (χ4n) is 3.65. The van der Waals surface area contributed by atoms with E-state index in [2.05, 4.69) is 86.0 Å². The summed E-state index contributed by atoms with van der Waals surface area (Å²) in [7, 11) is 0. The van der Waals surface area contributed by atoms with Gasteiger partial charge < -0.3 is 4.74 Å². The molecule has 148 valence electrons. The lowest BCUT2D eigenvalue weighted by molar-refractivity contribution is 0.363. The van der Waals surface area contributed by atoms with Gasteiger partial charge in [-0.05, 0) is 69.6 Å². The van der Waals surface area contributed by atoms with E-state index in [0.29, 0.717) is 6.61 Å². The first-order valence-corrected chi connectivity index (χ1v) is 10.3. The second-order valence-corrected chi connectivity index (χ2v) is 7.43. The van der Waals surface area contributed by atoms with Gasteiger partial charge in [0, 0.05) is 0 Å². The number of hydrogen-bond donors (Lipinski definition) is 0. The molecule has 30 heavy (non-hydrogen) atoms. The van der Waals surface area contributed by atoms with E-state index in [9.17, 15) is 0 Å². The van der Waals surface area contributed by atoms with Crippen LogP contribution in [0.15, 0.2) is 110 Å². The fourth-order valence-corrected chi connectivity index (χ4v) is 3.65. The number of benzene rings is 4. The average molecular weight is 391 g/mol. The second kappa shape index (κ2) is 9.28. The van der Waals surface area contributed by atoms with Crippen LogP contribution in [0.5, 0.6) is 5.75 Å². The molecular formula is C29H26O. The van der Waals surface area contributed by atoms with E-state index in [1.807, 2.05) is 18.2 Å². The maximum Gasteiger partial charge on any atom is 0.119 e. The van der Waals surface area contributed by atoms with Crippen LogP contribution in [0.2, 0.25) is 0 Å². The second-order valence-electron chi connectivity index (χ2n) is 7.43. The number of aryl methyl sites for hydroxylation is 1. The van der Waals surface area contributed by atoms with Crippen LogP contribution in [0, 0.1) is 0 Å². The van der Waals surface area contributed by atoms with Crippen LogP contribution in [0.1, 0.15) is 12.0 Å². The molecule has 1 heteroatoms. The molecular weight excluding hydrogens is 364 g/mol. The summed E-state index contributed by atoms with van der Waals surface area (Å²) in [5.74, 6) is 0.860. The van der Waals surface area contributed by atoms with Crippen molar-refractivity contribution in [2.75, 3.05) is 6.61 Å². The molecule has 0 radical (unpaired) electrons. The Morgan fingerprint density at radius 2 is 1.17 bits per heavy atom. The number of hydrogen-bond acceptors (Lipinski definition) is 1. The van der Waals surface area contributed by atoms with Gasteiger partial charge in [-0.2, -0.15) is 0 Å². The average Bonchev–Trinajstić information content (AvgIpc) is 2.81. The molecule has 4 aromatic rings. The normalized spacial score (nSPS) is 10.7. The largest absolute Gasteiger partial charge is 0.490 e. The molecule has 0 spiro atoms. The number of rotatable bonds is 8. The van der Waals surface area contributed by atoms with Crippen LogP contribution < -0.4 is 4.74 Å². The molecule has 4 rings (SSSR count). The van der Waals surface area contributed by atoms with Crippen molar-refractivity contribution in [2.24, 2.45) is 0 Å². The zero-order chi connectivity index (χ0) is 20.8. The van der Waals surface area contributed by atoms with Crippen LogP contribution >= 0.6 is 0 Å². The maximum absolute atomic E-state index is 5.56. The molecule has 1 nitrogen and oxygen atoms in total. The summed E-state index contributed by atoms with van der Waals surface area (Å²) in [5.41, 5.74) is 6.20. The predicted molar refractivity (Wildman–Crippen MR) is 129 cm³/mol. The molecule has 4 aromatic carbocycles. The molecule has 0 aliphatic carbocycles. The molecule has 0 saturated carbocycles. The minimum Gasteiger partial charge on any atom is -0.490 e. The molecule has 0 aliphatic rings. The lowest BCUT2D eigenvalue weighted by atomic mass is 9.97. The Kier molecular flexibility index (Phi) is 6.10. The highest BCUT2D eigenvalue weighted by atomic mass is 16.5. The third-order valence-electron chi connectivity index (χ3n) is 5.32. The quantitative estimate of drug-likeness (QED) is 0.278. The Morgan fingerprint density at radius 1 is 0.600 bits per heavy atom. The molecule has 0 heterocycles. The molecule has 0 aliphatic heterocycles. The third-order valence-corrected chi connectivity index (χ3v) is 5.32. The van der Waals surface area contributed by atoms with E-state index in [-0.39, 0.29) is 0 Å². The fraction of sp³-hybridized carbons (Fsp3) is 0.103. The van der Waals surface area contributed by atoms with E-state index >= 15 is 0 Å². The minimum absolute atomic E-state index is 0.524. The Bertz CT molecular complexity index is 1150. The van der Waals surface area contributed by atoms with Crippen molar-refractivity contribution in [1.29, 1.82) is 0 Å². The third kappa shape index (κ3) is 4.52. The van der Waals surface area contributed by atoms with Gasteiger partial charge in [-0.1, -0.05) is 85.5 Å². The van der Waals surface area contributed by atoms with Gasteiger partial charge in [0.05, 0.1) is 0 Å². The van der Waals surface area contributed by atoms with Crippen molar-refractivity contribution in [3.8, 4) is 28.0 Å². The van der Waals surface area contributed by atoms with Crippen LogP contribution in [-0.4, -0.2) is 6.61 Å². The summed E-state index contributed by atoms with van der Waals surface area (Å²) in [6, 6.07) is 30.4. The highest BCUT2D eigenvalue weighted by molar-refractivity contribution is 5.88. The van der Waals surface area contributed by atoms with Gasteiger partial charge in [0.25, 0.3) is 0 Å². The van der Waals surface area contributed by atoms with Crippen molar-refractivity contribution in [3.63, 3.8) is 0 Å². The molecule has 0 atom stereocenters. The van der Waals surface area contributed by atoms with Crippen LogP contribution in [0.3, 0.4) is 0 Å². The molecule has 0 fully saturated rings. The van der Waals surface area contributed by atoms with Gasteiger partial charge in [0.15, 0.2) is 0 Å². The monoisotopic (exact) mass is 390 g/mol. The topological polar surface area (TPSA) is 9.23 Å². The van der Waals surface area contributed by atoms with Crippen molar-refractivity contribution in [3.05, 3.63) is 116 Å². The molecule has 0 aromatic heterocycles. The molecule has 0 N–H and O–H groups in total. The first-order chi connectivity index (χ1) is 14.8. The summed E-state index contributed by atoms with van der Waals surface area (Å²) in [5, 5.41) is 2.56. The SMILES string of the molecule is C=CCCc1ccc2cc(-c3ccc(-c4ccc(OCC=C)cc4)cc3)ccc2c1. The van der Waals surface area contributed by atoms with Crippen LogP contribution in [0.4, 0.5) is 0 Å². The highest BCUT2D eigenvalue weighted by Crippen LogP contribution is 2.29. The predicted octanol–water partition coefficient (Wildman–Crippen LogP) is 7.86. The van der Waals surface area contributed by atoms with Gasteiger partial charge in [-0.3, -0.25) is 0 Å². The van der Waals surface area contributed by atoms with E-state index in [0.717, 1.165) is 18.6 Å². The smallest absolute Gasteiger partial charge is 0.119 e. The summed E-state index contributed by atoms with van der Waals surface area (Å²) < 4.78 is 5.56. The number of ether oxygens (including phenoxy) is 1. The summed E-state index contributed by atoms with van der Waals surface area (Å²) in [6.45, 7) is 8.02. The Morgan fingerprint density at radius 3 is 1.83 bits per heavy atom. The lowest BCUT2D eigenvalue weighted by Crippen LogP contribution is -1.92. The molecule has 0 saturated heterocycles. The van der Waals surface area contributed by atoms with E-state index < -0.39 is 0 Å². The molecule has 0 amide bonds. The van der Waals surface area contributed by atoms with E-state index in [4.69, 9.17) is 4.74 Å². The van der Waals surface area contributed by atoms with Crippen LogP contribution in [0.25, 0.3) is 33.0 Å². The standard InChI is InChI=1S/C29H26O/c1-3-5-6-22-7-8-28-21-27(14-13-26(28)20-22)25-11-9-23(10-12-25)24-15-17-29(18-16-24)30-19-4-2/h3-4,7-18,20-21H,1-2,5-6,19H2. The number of fused-ring (bicyclic) bond motifs is 1. The zero-order valence-electron chi connectivity index (χ0n) is 17.2. The zero-order valence-corrected chi connectivity index (χ0v) is 17.2. The summed E-state index contributed by atoms with van der Waals surface area (Å²) in [6.07, 6.45) is 5.79. The first-order valence-electron chi connectivity index (χ1n) is 10.3. The highest BCUT2D eigenvalue weighted by Gasteiger charge is 2.03. The first kappa shape index (κ1) is 19.7. The maximum atomic E-state index is 5.56. The van der Waals surface area contributed by atoms with Gasteiger partial charge in [0.2, 0.25) is 0 Å². The Balaban J connectivity index is 1.53. The van der Waals surface area contributed by atoms with Crippen LogP contribution in [-0.2, 0) is 6.42 Å². The van der Waals surface area contributed by atoms with Gasteiger partial charge in [0.1, 0.15) is 12.4 Å². The van der Waals surface area contributed by atoms with Crippen molar-refractivity contribution in [1.82, 2.24) is 0 Å². The molecule has 0 bridgehead atoms. The summed E-state index contributed by atoms with van der Waals surface area (Å²) >= 11 is 0. The van der Waals surface area contributed by atoms with E-state index in [1.54, 1.807) is 6.08 Å². The van der Waals surface area contributed by atoms with Gasteiger partial charge in [-0.25, -0.2) is 0 Å². The number of allylic oxidation sites excluding steroid dienone is 1. The minimum atomic E-state index is 0.524. The Labute approximate surface area is 179 Å². The summed E-state index contributed by atoms with van der Waals surface area (Å²) in [4.78, 5) is 0. The van der Waals surface area contributed by atoms with Gasteiger partial charge >= 0.3 is 0 Å². The van der Waals surface area contributed by atoms with Crippen molar-refractivity contribution < 1.29 is 4.74 Å². The van der Waals surface area contributed by atoms with Crippen molar-refractivity contribution in [2.45, 2.75) is 12.8 Å².